The van der Waals surface area contributed by atoms with Crippen LogP contribution in [-0.2, 0) is 14.6 Å². The molecule has 2 aromatic rings. The molecule has 2 rings (SSSR count). The lowest BCUT2D eigenvalue weighted by Gasteiger charge is -2.15. The van der Waals surface area contributed by atoms with Crippen LogP contribution in [0.1, 0.15) is 16.7 Å². The number of carbonyl (C=O) groups is 1. The van der Waals surface area contributed by atoms with Gasteiger partial charge in [0.15, 0.2) is 9.84 Å². The van der Waals surface area contributed by atoms with Crippen molar-refractivity contribution in [3.63, 3.8) is 0 Å². The van der Waals surface area contributed by atoms with Gasteiger partial charge in [-0.25, -0.2) is 8.42 Å². The smallest absolute Gasteiger partial charge is 0.243 e. The van der Waals surface area contributed by atoms with Crippen LogP contribution in [-0.4, -0.2) is 27.1 Å². The molecule has 7 heteroatoms. The van der Waals surface area contributed by atoms with Gasteiger partial charge in [0.25, 0.3) is 0 Å². The molecule has 2 aromatic carbocycles. The third-order valence-electron chi connectivity index (χ3n) is 3.91. The first-order valence-electron chi connectivity index (χ1n) is 7.70. The summed E-state index contributed by atoms with van der Waals surface area (Å²) in [6, 6.07) is 8.97. The largest absolute Gasteiger partial charge is 0.376 e. The third-order valence-corrected chi connectivity index (χ3v) is 5.61. The number of para-hydroxylation sites is 1. The van der Waals surface area contributed by atoms with Gasteiger partial charge in [-0.15, -0.1) is 0 Å². The van der Waals surface area contributed by atoms with Crippen LogP contribution in [0.2, 0.25) is 5.02 Å². The molecule has 2 N–H and O–H groups in total. The van der Waals surface area contributed by atoms with Gasteiger partial charge in [-0.05, 0) is 49.6 Å². The van der Waals surface area contributed by atoms with Gasteiger partial charge < -0.3 is 10.6 Å². The topological polar surface area (TPSA) is 75.3 Å². The maximum absolute atomic E-state index is 12.2. The maximum Gasteiger partial charge on any atom is 0.243 e. The van der Waals surface area contributed by atoms with Crippen LogP contribution in [0.3, 0.4) is 0 Å². The number of sulfone groups is 1. The van der Waals surface area contributed by atoms with Crippen molar-refractivity contribution >= 4 is 38.7 Å². The summed E-state index contributed by atoms with van der Waals surface area (Å²) in [6.45, 7) is 5.53. The van der Waals surface area contributed by atoms with E-state index in [1.807, 2.05) is 32.0 Å². The van der Waals surface area contributed by atoms with E-state index in [0.717, 1.165) is 23.1 Å². The fourth-order valence-corrected chi connectivity index (χ4v) is 4.39. The first-order chi connectivity index (χ1) is 11.6. The Morgan fingerprint density at radius 2 is 1.68 bits per heavy atom. The van der Waals surface area contributed by atoms with Gasteiger partial charge in [-0.1, -0.05) is 29.8 Å². The number of amides is 1. The van der Waals surface area contributed by atoms with Crippen LogP contribution < -0.4 is 10.6 Å². The molecule has 0 radical (unpaired) electrons. The van der Waals surface area contributed by atoms with E-state index < -0.39 is 9.84 Å². The standard InChI is InChI=1S/C18H21ClN2O3S/c1-11-6-5-7-12(2)17(11)21-16(22)10-20-15-9-8-14(19)18(13(15)3)25(4,23)24/h5-9,20H,10H2,1-4H3,(H,21,22). The third kappa shape index (κ3) is 4.52. The molecule has 0 bridgehead atoms. The van der Waals surface area contributed by atoms with Crippen LogP contribution in [0.25, 0.3) is 0 Å². The summed E-state index contributed by atoms with van der Waals surface area (Å²) in [5.74, 6) is -0.215. The minimum absolute atomic E-state index is 0.0133. The van der Waals surface area contributed by atoms with Crippen LogP contribution in [0.15, 0.2) is 35.2 Å². The highest BCUT2D eigenvalue weighted by molar-refractivity contribution is 7.90. The molecule has 0 unspecified atom stereocenters. The van der Waals surface area contributed by atoms with Crippen molar-refractivity contribution < 1.29 is 13.2 Å². The fraction of sp³-hybridized carbons (Fsp3) is 0.278. The molecule has 0 spiro atoms. The van der Waals surface area contributed by atoms with E-state index in [2.05, 4.69) is 10.6 Å². The lowest BCUT2D eigenvalue weighted by atomic mass is 10.1. The Hall–Kier alpha value is -2.05. The summed E-state index contributed by atoms with van der Waals surface area (Å²) >= 11 is 6.00. The maximum atomic E-state index is 12.2. The van der Waals surface area contributed by atoms with Gasteiger partial charge in [-0.2, -0.15) is 0 Å². The number of halogens is 1. The first-order valence-corrected chi connectivity index (χ1v) is 9.97. The van der Waals surface area contributed by atoms with E-state index in [1.165, 1.54) is 6.07 Å². The van der Waals surface area contributed by atoms with E-state index in [1.54, 1.807) is 13.0 Å². The second-order valence-electron chi connectivity index (χ2n) is 5.99. The molecule has 134 valence electrons. The van der Waals surface area contributed by atoms with E-state index in [0.29, 0.717) is 11.3 Å². The first kappa shape index (κ1) is 19.3. The average Bonchev–Trinajstić information content (AvgIpc) is 2.49. The van der Waals surface area contributed by atoms with E-state index in [4.69, 9.17) is 11.6 Å². The lowest BCUT2D eigenvalue weighted by molar-refractivity contribution is -0.114. The Labute approximate surface area is 153 Å². The predicted octanol–water partition coefficient (Wildman–Crippen LogP) is 3.72. The number of aryl methyl sites for hydroxylation is 2. The summed E-state index contributed by atoms with van der Waals surface area (Å²) < 4.78 is 23.8. The van der Waals surface area contributed by atoms with E-state index in [9.17, 15) is 13.2 Å². The highest BCUT2D eigenvalue weighted by Gasteiger charge is 2.18. The van der Waals surface area contributed by atoms with Gasteiger partial charge in [0.2, 0.25) is 5.91 Å². The van der Waals surface area contributed by atoms with Crippen molar-refractivity contribution in [2.24, 2.45) is 0 Å². The van der Waals surface area contributed by atoms with Crippen LogP contribution in [0.4, 0.5) is 11.4 Å². The SMILES string of the molecule is Cc1cccc(C)c1NC(=O)CNc1ccc(Cl)c(S(C)(=O)=O)c1C. The van der Waals surface area contributed by atoms with Crippen LogP contribution in [0.5, 0.6) is 0 Å². The normalized spacial score (nSPS) is 11.2. The van der Waals surface area contributed by atoms with Gasteiger partial charge in [0.1, 0.15) is 0 Å². The molecule has 25 heavy (non-hydrogen) atoms. The number of benzene rings is 2. The molecule has 0 fully saturated rings. The molecule has 0 aliphatic heterocycles. The number of rotatable bonds is 5. The Balaban J connectivity index is 2.16. The van der Waals surface area contributed by atoms with Crippen molar-refractivity contribution in [3.8, 4) is 0 Å². The Morgan fingerprint density at radius 1 is 1.08 bits per heavy atom. The summed E-state index contributed by atoms with van der Waals surface area (Å²) in [5, 5.41) is 6.03. The van der Waals surface area contributed by atoms with Gasteiger partial charge >= 0.3 is 0 Å². The molecule has 0 aliphatic carbocycles. The Morgan fingerprint density at radius 3 is 2.24 bits per heavy atom. The fourth-order valence-electron chi connectivity index (χ4n) is 2.68. The predicted molar refractivity (Wildman–Crippen MR) is 102 cm³/mol. The molecule has 0 saturated carbocycles. The molecular formula is C18H21ClN2O3S. The summed E-state index contributed by atoms with van der Waals surface area (Å²) in [5.41, 5.74) is 3.81. The Bertz CT molecular complexity index is 904. The molecule has 0 aliphatic rings. The lowest BCUT2D eigenvalue weighted by Crippen LogP contribution is -2.23. The minimum Gasteiger partial charge on any atom is -0.376 e. The van der Waals surface area contributed by atoms with Crippen molar-refractivity contribution in [2.45, 2.75) is 25.7 Å². The minimum atomic E-state index is -3.46. The molecule has 1 amide bonds. The number of carbonyl (C=O) groups excluding carboxylic acids is 1. The summed E-state index contributed by atoms with van der Waals surface area (Å²) in [4.78, 5) is 12.3. The molecule has 5 nitrogen and oxygen atoms in total. The zero-order valence-corrected chi connectivity index (χ0v) is 16.2. The number of hydrogen-bond donors (Lipinski definition) is 2. The van der Waals surface area contributed by atoms with Gasteiger partial charge in [0, 0.05) is 17.6 Å². The van der Waals surface area contributed by atoms with E-state index in [-0.39, 0.29) is 22.4 Å². The summed E-state index contributed by atoms with van der Waals surface area (Å²) in [7, 11) is -3.46. The van der Waals surface area contributed by atoms with Gasteiger partial charge in [-0.3, -0.25) is 4.79 Å². The second kappa shape index (κ2) is 7.45. The zero-order chi connectivity index (χ0) is 18.8. The van der Waals surface area contributed by atoms with E-state index >= 15 is 0 Å². The number of anilines is 2. The highest BCUT2D eigenvalue weighted by Crippen LogP contribution is 2.30. The van der Waals surface area contributed by atoms with Gasteiger partial charge in [0.05, 0.1) is 16.5 Å². The van der Waals surface area contributed by atoms with Crippen LogP contribution >= 0.6 is 11.6 Å². The molecular weight excluding hydrogens is 360 g/mol. The highest BCUT2D eigenvalue weighted by atomic mass is 35.5. The molecule has 0 atom stereocenters. The zero-order valence-electron chi connectivity index (χ0n) is 14.6. The second-order valence-corrected chi connectivity index (χ2v) is 8.35. The number of nitrogens with one attached hydrogen (secondary N) is 2. The number of hydrogen-bond acceptors (Lipinski definition) is 4. The summed E-state index contributed by atoms with van der Waals surface area (Å²) in [6.07, 6.45) is 1.11. The molecule has 0 aromatic heterocycles. The quantitative estimate of drug-likeness (QED) is 0.828. The van der Waals surface area contributed by atoms with Crippen molar-refractivity contribution in [1.82, 2.24) is 0 Å². The monoisotopic (exact) mass is 380 g/mol. The molecule has 0 heterocycles. The van der Waals surface area contributed by atoms with Crippen LogP contribution in [0, 0.1) is 20.8 Å². The van der Waals surface area contributed by atoms with Crippen molar-refractivity contribution in [2.75, 3.05) is 23.4 Å². The van der Waals surface area contributed by atoms with Crippen molar-refractivity contribution in [1.29, 1.82) is 0 Å². The molecule has 0 saturated heterocycles. The van der Waals surface area contributed by atoms with Crippen molar-refractivity contribution in [3.05, 3.63) is 52.0 Å². The average molecular weight is 381 g/mol. The Kier molecular flexibility index (Phi) is 5.75.